The summed E-state index contributed by atoms with van der Waals surface area (Å²) < 4.78 is 60.1. The van der Waals surface area contributed by atoms with Gasteiger partial charge in [-0.3, -0.25) is 9.74 Å². The maximum Gasteiger partial charge on any atom is 0.436 e. The molecule has 2 aromatic heterocycles. The third-order valence-corrected chi connectivity index (χ3v) is 4.30. The molecule has 6 nitrogen and oxygen atoms in total. The lowest BCUT2D eigenvalue weighted by molar-refractivity contribution is -0.886. The molecule has 0 bridgehead atoms. The number of alkyl halides is 3. The molecule has 148 valence electrons. The van der Waals surface area contributed by atoms with Gasteiger partial charge in [-0.05, 0) is 26.8 Å². The second-order valence-electron chi connectivity index (χ2n) is 6.50. The fourth-order valence-electron chi connectivity index (χ4n) is 2.00. The van der Waals surface area contributed by atoms with Crippen LogP contribution >= 0.6 is 11.3 Å². The summed E-state index contributed by atoms with van der Waals surface area (Å²) in [6, 6.07) is 1.02. The van der Waals surface area contributed by atoms with Crippen molar-refractivity contribution in [3.63, 3.8) is 0 Å². The van der Waals surface area contributed by atoms with Crippen LogP contribution in [0.1, 0.15) is 26.5 Å². The first-order valence-corrected chi connectivity index (χ1v) is 8.45. The van der Waals surface area contributed by atoms with E-state index in [-0.39, 0.29) is 10.6 Å². The highest BCUT2D eigenvalue weighted by molar-refractivity contribution is 7.19. The Bertz CT molecular complexity index is 846. The molecular weight excluding hydrogens is 390 g/mol. The van der Waals surface area contributed by atoms with E-state index in [9.17, 15) is 22.4 Å². The Morgan fingerprint density at radius 2 is 1.89 bits per heavy atom. The summed E-state index contributed by atoms with van der Waals surface area (Å²) in [7, 11) is 2.43. The van der Waals surface area contributed by atoms with E-state index < -0.39 is 34.4 Å². The lowest BCUT2D eigenvalue weighted by Gasteiger charge is -2.24. The largest absolute Gasteiger partial charge is 0.443 e. The Kier molecular flexibility index (Phi) is 5.64. The van der Waals surface area contributed by atoms with Gasteiger partial charge in [0.25, 0.3) is 6.20 Å². The zero-order valence-corrected chi connectivity index (χ0v) is 16.0. The second-order valence-corrected chi connectivity index (χ2v) is 7.47. The van der Waals surface area contributed by atoms with Gasteiger partial charge in [0.05, 0.1) is 5.56 Å². The summed E-state index contributed by atoms with van der Waals surface area (Å²) in [6.07, 6.45) is -3.49. The summed E-state index contributed by atoms with van der Waals surface area (Å²) in [4.78, 5) is 21.3. The van der Waals surface area contributed by atoms with Gasteiger partial charge in [0.1, 0.15) is 22.7 Å². The number of pyridine rings is 1. The van der Waals surface area contributed by atoms with Gasteiger partial charge in [-0.15, -0.1) is 0 Å². The molecule has 0 spiro atoms. The molecule has 0 saturated carbocycles. The molecule has 0 radical (unpaired) electrons. The van der Waals surface area contributed by atoms with Crippen LogP contribution in [0.15, 0.2) is 18.5 Å². The molecule has 0 aliphatic heterocycles. The summed E-state index contributed by atoms with van der Waals surface area (Å²) >= 11 is 0.588. The number of hydrogen-bond acceptors (Lipinski definition) is 5. The van der Waals surface area contributed by atoms with Gasteiger partial charge < -0.3 is 4.74 Å². The van der Waals surface area contributed by atoms with Crippen LogP contribution < -0.4 is 14.5 Å². The van der Waals surface area contributed by atoms with Gasteiger partial charge in [0, 0.05) is 11.8 Å². The zero-order valence-electron chi connectivity index (χ0n) is 15.2. The molecule has 2 heterocycles. The molecule has 0 saturated heterocycles. The highest BCUT2D eigenvalue weighted by Crippen LogP contribution is 2.42. The lowest BCUT2D eigenvalue weighted by Crippen LogP contribution is -2.40. The normalized spacial score (nSPS) is 12.0. The van der Waals surface area contributed by atoms with E-state index in [0.717, 1.165) is 28.9 Å². The van der Waals surface area contributed by atoms with E-state index in [4.69, 9.17) is 9.57 Å². The molecule has 11 heteroatoms. The van der Waals surface area contributed by atoms with Crippen molar-refractivity contribution in [1.29, 1.82) is 0 Å². The van der Waals surface area contributed by atoms with Crippen LogP contribution in [0.3, 0.4) is 0 Å². The molecule has 0 aliphatic rings. The van der Waals surface area contributed by atoms with Gasteiger partial charge in [-0.2, -0.15) is 13.2 Å². The van der Waals surface area contributed by atoms with Gasteiger partial charge in [0.2, 0.25) is 6.20 Å². The van der Waals surface area contributed by atoms with Crippen molar-refractivity contribution in [1.82, 2.24) is 4.98 Å². The molecule has 0 N–H and O–H groups in total. The van der Waals surface area contributed by atoms with E-state index in [0.29, 0.717) is 11.3 Å². The van der Waals surface area contributed by atoms with Crippen molar-refractivity contribution in [3.8, 4) is 10.6 Å². The Balaban J connectivity index is 2.53. The van der Waals surface area contributed by atoms with Crippen LogP contribution in [-0.2, 0) is 10.9 Å². The minimum absolute atomic E-state index is 0.0659. The Morgan fingerprint density at radius 3 is 2.41 bits per heavy atom. The van der Waals surface area contributed by atoms with Crippen molar-refractivity contribution in [3.05, 3.63) is 30.0 Å². The lowest BCUT2D eigenvalue weighted by atomic mass is 10.2. The minimum atomic E-state index is -4.81. The second kappa shape index (κ2) is 7.29. The number of thiazole rings is 1. The Labute approximate surface area is 156 Å². The summed E-state index contributed by atoms with van der Waals surface area (Å²) in [5.74, 6) is -0.722. The van der Waals surface area contributed by atoms with Gasteiger partial charge in [0.15, 0.2) is 11.5 Å². The first kappa shape index (κ1) is 20.9. The standard InChI is InChI=1S/C16H18F4N3O3S/c1-15(2,3)26-14(24)22(4)13-11(16(18,19)20)21-12(27-13)9-6-10(17)8-23(7-9)25-5/h6-8H,1-5H3/q+1. The number of amides is 1. The highest BCUT2D eigenvalue weighted by Gasteiger charge is 2.40. The third-order valence-electron chi connectivity index (χ3n) is 3.12. The molecule has 0 atom stereocenters. The summed E-state index contributed by atoms with van der Waals surface area (Å²) in [5.41, 5.74) is -2.08. The van der Waals surface area contributed by atoms with Crippen LogP contribution in [0.5, 0.6) is 0 Å². The molecule has 1 amide bonds. The number of anilines is 1. The van der Waals surface area contributed by atoms with E-state index in [1.54, 1.807) is 20.8 Å². The maximum atomic E-state index is 13.7. The number of hydrogen-bond donors (Lipinski definition) is 0. The molecule has 0 aromatic carbocycles. The molecular formula is C16H18F4N3O3S+. The number of carbonyl (C=O) groups is 1. The predicted octanol–water partition coefficient (Wildman–Crippen LogP) is 3.69. The summed E-state index contributed by atoms with van der Waals surface area (Å²) in [6.45, 7) is 4.78. The first-order valence-electron chi connectivity index (χ1n) is 7.63. The van der Waals surface area contributed by atoms with Gasteiger partial charge in [-0.1, -0.05) is 11.3 Å². The first-order chi connectivity index (χ1) is 12.3. The topological polar surface area (TPSA) is 55.5 Å². The quantitative estimate of drug-likeness (QED) is 0.574. The molecule has 0 unspecified atom stereocenters. The SMILES string of the molecule is CO[n+]1cc(F)cc(-c2nc(C(F)(F)F)c(N(C)C(=O)OC(C)(C)C)s2)c1. The fraction of sp³-hybridized carbons (Fsp3) is 0.438. The Morgan fingerprint density at radius 1 is 1.26 bits per heavy atom. The molecule has 0 aliphatic carbocycles. The van der Waals surface area contributed by atoms with Crippen molar-refractivity contribution in [2.24, 2.45) is 0 Å². The van der Waals surface area contributed by atoms with Crippen LogP contribution in [0.25, 0.3) is 10.6 Å². The number of carbonyl (C=O) groups excluding carboxylic acids is 1. The van der Waals surface area contributed by atoms with E-state index in [1.165, 1.54) is 13.3 Å². The van der Waals surface area contributed by atoms with Gasteiger partial charge in [-0.25, -0.2) is 14.2 Å². The fourth-order valence-corrected chi connectivity index (χ4v) is 3.02. The average molecular weight is 408 g/mol. The van der Waals surface area contributed by atoms with Crippen molar-refractivity contribution in [2.75, 3.05) is 19.1 Å². The van der Waals surface area contributed by atoms with Crippen LogP contribution in [0.2, 0.25) is 0 Å². The van der Waals surface area contributed by atoms with Crippen molar-refractivity contribution in [2.45, 2.75) is 32.5 Å². The van der Waals surface area contributed by atoms with E-state index in [2.05, 4.69) is 4.98 Å². The molecule has 0 fully saturated rings. The smallest absolute Gasteiger partial charge is 0.436 e. The van der Waals surface area contributed by atoms with E-state index >= 15 is 0 Å². The number of halogens is 4. The monoisotopic (exact) mass is 408 g/mol. The maximum absolute atomic E-state index is 13.7. The summed E-state index contributed by atoms with van der Waals surface area (Å²) in [5, 5.41) is -0.585. The number of aromatic nitrogens is 2. The highest BCUT2D eigenvalue weighted by atomic mass is 32.1. The van der Waals surface area contributed by atoms with Crippen LogP contribution in [0.4, 0.5) is 27.4 Å². The van der Waals surface area contributed by atoms with Crippen LogP contribution in [0, 0.1) is 5.82 Å². The van der Waals surface area contributed by atoms with Crippen molar-refractivity contribution >= 4 is 22.4 Å². The van der Waals surface area contributed by atoms with Crippen LogP contribution in [-0.4, -0.2) is 30.8 Å². The minimum Gasteiger partial charge on any atom is -0.443 e. The molecule has 2 rings (SSSR count). The number of rotatable bonds is 3. The van der Waals surface area contributed by atoms with Gasteiger partial charge >= 0.3 is 12.3 Å². The predicted molar refractivity (Wildman–Crippen MR) is 89.8 cm³/mol. The molecule has 2 aromatic rings. The molecule has 27 heavy (non-hydrogen) atoms. The van der Waals surface area contributed by atoms with Crippen molar-refractivity contribution < 1.29 is 36.7 Å². The number of ether oxygens (including phenoxy) is 1. The third kappa shape index (κ3) is 5.06. The average Bonchev–Trinajstić information content (AvgIpc) is 2.97. The zero-order chi connectivity index (χ0) is 20.6. The Hall–Kier alpha value is -2.43. The number of nitrogens with zero attached hydrogens (tertiary/aromatic N) is 3. The van der Waals surface area contributed by atoms with E-state index in [1.807, 2.05) is 0 Å².